The molecule has 0 aromatic carbocycles. The second kappa shape index (κ2) is 5.33. The fraction of sp³-hybridized carbons (Fsp3) is 0.857. The van der Waals surface area contributed by atoms with Gasteiger partial charge in [-0.05, 0) is 56.4 Å². The molecule has 0 aliphatic heterocycles. The molecule has 5 unspecified atom stereocenters. The zero-order valence-electron chi connectivity index (χ0n) is 10.5. The number of aliphatic hydroxyl groups excluding tert-OH is 1. The van der Waals surface area contributed by atoms with Crippen LogP contribution in [0.5, 0.6) is 0 Å². The van der Waals surface area contributed by atoms with E-state index in [1.54, 1.807) is 0 Å². The third kappa shape index (κ3) is 2.67. The van der Waals surface area contributed by atoms with Gasteiger partial charge >= 0.3 is 0 Å². The molecule has 2 aliphatic carbocycles. The van der Waals surface area contributed by atoms with Crippen molar-refractivity contribution in [1.82, 2.24) is 5.32 Å². The lowest BCUT2D eigenvalue weighted by molar-refractivity contribution is 0.250. The van der Waals surface area contributed by atoms with E-state index in [0.717, 1.165) is 30.7 Å². The third-order valence-electron chi connectivity index (χ3n) is 4.38. The van der Waals surface area contributed by atoms with Gasteiger partial charge in [-0.25, -0.2) is 0 Å². The summed E-state index contributed by atoms with van der Waals surface area (Å²) in [6.07, 6.45) is 8.51. The van der Waals surface area contributed by atoms with Crippen LogP contribution in [0.2, 0.25) is 0 Å². The molecule has 2 nitrogen and oxygen atoms in total. The van der Waals surface area contributed by atoms with E-state index in [2.05, 4.69) is 31.3 Å². The molecule has 1 fully saturated rings. The van der Waals surface area contributed by atoms with Crippen LogP contribution >= 0.6 is 0 Å². The van der Waals surface area contributed by atoms with Crippen LogP contribution in [0.1, 0.15) is 33.1 Å². The standard InChI is InChI=1S/C14H25NO/c1-10(5-6-16)9-15-11(2)14-8-12-3-4-13(14)7-12/h3-4,10-16H,5-9H2,1-2H3. The number of hydrogen-bond donors (Lipinski definition) is 2. The molecule has 0 amide bonds. The van der Waals surface area contributed by atoms with Crippen molar-refractivity contribution in [3.8, 4) is 0 Å². The lowest BCUT2D eigenvalue weighted by Gasteiger charge is -2.27. The molecule has 16 heavy (non-hydrogen) atoms. The molecule has 1 saturated carbocycles. The van der Waals surface area contributed by atoms with E-state index in [1.807, 2.05) is 0 Å². The maximum atomic E-state index is 8.86. The Hall–Kier alpha value is -0.340. The minimum Gasteiger partial charge on any atom is -0.396 e. The molecule has 2 bridgehead atoms. The largest absolute Gasteiger partial charge is 0.396 e. The van der Waals surface area contributed by atoms with Gasteiger partial charge in [0.25, 0.3) is 0 Å². The molecule has 92 valence electrons. The van der Waals surface area contributed by atoms with Gasteiger partial charge in [0.1, 0.15) is 0 Å². The highest BCUT2D eigenvalue weighted by atomic mass is 16.3. The maximum Gasteiger partial charge on any atom is 0.0434 e. The number of nitrogens with one attached hydrogen (secondary N) is 1. The number of fused-ring (bicyclic) bond motifs is 2. The number of rotatable bonds is 6. The molecule has 0 saturated heterocycles. The summed E-state index contributed by atoms with van der Waals surface area (Å²) in [4.78, 5) is 0. The Morgan fingerprint density at radius 1 is 1.31 bits per heavy atom. The third-order valence-corrected chi connectivity index (χ3v) is 4.38. The number of allylic oxidation sites excluding steroid dienone is 2. The van der Waals surface area contributed by atoms with Crippen molar-refractivity contribution in [2.45, 2.75) is 39.2 Å². The summed E-state index contributed by atoms with van der Waals surface area (Å²) >= 11 is 0. The summed E-state index contributed by atoms with van der Waals surface area (Å²) in [5, 5.41) is 12.5. The predicted molar refractivity (Wildman–Crippen MR) is 67.2 cm³/mol. The lowest BCUT2D eigenvalue weighted by atomic mass is 9.87. The van der Waals surface area contributed by atoms with Crippen molar-refractivity contribution in [3.63, 3.8) is 0 Å². The molecular weight excluding hydrogens is 198 g/mol. The lowest BCUT2D eigenvalue weighted by Crippen LogP contribution is -2.38. The quantitative estimate of drug-likeness (QED) is 0.677. The molecule has 5 atom stereocenters. The highest BCUT2D eigenvalue weighted by molar-refractivity contribution is 5.11. The second-order valence-corrected chi connectivity index (χ2v) is 5.76. The SMILES string of the molecule is CC(CCO)CNC(C)C1CC2C=CC1C2. The van der Waals surface area contributed by atoms with Gasteiger partial charge in [-0.2, -0.15) is 0 Å². The Morgan fingerprint density at radius 3 is 2.69 bits per heavy atom. The maximum absolute atomic E-state index is 8.86. The topological polar surface area (TPSA) is 32.3 Å². The van der Waals surface area contributed by atoms with Crippen LogP contribution in [0.4, 0.5) is 0 Å². The summed E-state index contributed by atoms with van der Waals surface area (Å²) in [7, 11) is 0. The molecule has 2 aliphatic rings. The highest BCUT2D eigenvalue weighted by Gasteiger charge is 2.38. The van der Waals surface area contributed by atoms with Gasteiger partial charge in [-0.1, -0.05) is 19.1 Å². The van der Waals surface area contributed by atoms with Crippen molar-refractivity contribution >= 4 is 0 Å². The minimum absolute atomic E-state index is 0.314. The Bertz CT molecular complexity index is 251. The minimum atomic E-state index is 0.314. The zero-order valence-corrected chi connectivity index (χ0v) is 10.5. The van der Waals surface area contributed by atoms with Crippen molar-refractivity contribution in [2.75, 3.05) is 13.2 Å². The first-order valence-electron chi connectivity index (χ1n) is 6.73. The first-order chi connectivity index (χ1) is 7.70. The molecule has 2 heteroatoms. The Kier molecular flexibility index (Phi) is 4.04. The fourth-order valence-corrected chi connectivity index (χ4v) is 3.26. The molecule has 0 aromatic heterocycles. The summed E-state index contributed by atoms with van der Waals surface area (Å²) in [6.45, 7) is 5.88. The van der Waals surface area contributed by atoms with E-state index in [-0.39, 0.29) is 0 Å². The summed E-state index contributed by atoms with van der Waals surface area (Å²) in [5.41, 5.74) is 0. The van der Waals surface area contributed by atoms with E-state index in [4.69, 9.17) is 5.11 Å². The molecular formula is C14H25NO. The normalized spacial score (nSPS) is 35.6. The van der Waals surface area contributed by atoms with E-state index in [9.17, 15) is 0 Å². The van der Waals surface area contributed by atoms with Crippen molar-refractivity contribution in [1.29, 1.82) is 0 Å². The predicted octanol–water partition coefficient (Wildman–Crippen LogP) is 2.20. The molecule has 2 N–H and O–H groups in total. The summed E-state index contributed by atoms with van der Waals surface area (Å²) < 4.78 is 0. The number of hydrogen-bond acceptors (Lipinski definition) is 2. The Morgan fingerprint density at radius 2 is 2.12 bits per heavy atom. The smallest absolute Gasteiger partial charge is 0.0434 e. The van der Waals surface area contributed by atoms with E-state index in [0.29, 0.717) is 18.6 Å². The van der Waals surface area contributed by atoms with Gasteiger partial charge in [-0.15, -0.1) is 0 Å². The van der Waals surface area contributed by atoms with Gasteiger partial charge in [0.05, 0.1) is 0 Å². The van der Waals surface area contributed by atoms with Crippen molar-refractivity contribution in [2.24, 2.45) is 23.7 Å². The average molecular weight is 223 g/mol. The first kappa shape index (κ1) is 12.1. The molecule has 0 radical (unpaired) electrons. The van der Waals surface area contributed by atoms with Gasteiger partial charge in [-0.3, -0.25) is 0 Å². The average Bonchev–Trinajstić information content (AvgIpc) is 2.88. The van der Waals surface area contributed by atoms with Crippen LogP contribution in [-0.4, -0.2) is 24.3 Å². The van der Waals surface area contributed by atoms with Gasteiger partial charge in [0.2, 0.25) is 0 Å². The van der Waals surface area contributed by atoms with Crippen LogP contribution in [-0.2, 0) is 0 Å². The molecule has 0 heterocycles. The van der Waals surface area contributed by atoms with Crippen LogP contribution in [0.25, 0.3) is 0 Å². The summed E-state index contributed by atoms with van der Waals surface area (Å²) in [6, 6.07) is 0.626. The zero-order chi connectivity index (χ0) is 11.5. The molecule has 0 aromatic rings. The van der Waals surface area contributed by atoms with E-state index in [1.165, 1.54) is 12.8 Å². The van der Waals surface area contributed by atoms with Gasteiger partial charge < -0.3 is 10.4 Å². The fourth-order valence-electron chi connectivity index (χ4n) is 3.26. The van der Waals surface area contributed by atoms with Crippen LogP contribution in [0.3, 0.4) is 0 Å². The summed E-state index contributed by atoms with van der Waals surface area (Å²) in [5.74, 6) is 3.13. The van der Waals surface area contributed by atoms with Crippen LogP contribution in [0, 0.1) is 23.7 Å². The monoisotopic (exact) mass is 223 g/mol. The van der Waals surface area contributed by atoms with Crippen LogP contribution < -0.4 is 5.32 Å². The van der Waals surface area contributed by atoms with Crippen LogP contribution in [0.15, 0.2) is 12.2 Å². The van der Waals surface area contributed by atoms with Crippen molar-refractivity contribution < 1.29 is 5.11 Å². The highest BCUT2D eigenvalue weighted by Crippen LogP contribution is 2.44. The van der Waals surface area contributed by atoms with E-state index >= 15 is 0 Å². The van der Waals surface area contributed by atoms with E-state index < -0.39 is 0 Å². The second-order valence-electron chi connectivity index (χ2n) is 5.76. The van der Waals surface area contributed by atoms with Gasteiger partial charge in [0.15, 0.2) is 0 Å². The Balaban J connectivity index is 1.72. The number of aliphatic hydroxyl groups is 1. The molecule has 2 rings (SSSR count). The Labute approximate surface area is 99.1 Å². The van der Waals surface area contributed by atoms with Crippen molar-refractivity contribution in [3.05, 3.63) is 12.2 Å². The molecule has 0 spiro atoms. The first-order valence-corrected chi connectivity index (χ1v) is 6.73. The van der Waals surface area contributed by atoms with Gasteiger partial charge in [0, 0.05) is 12.6 Å².